The van der Waals surface area contributed by atoms with E-state index >= 15 is 0 Å². The van der Waals surface area contributed by atoms with Crippen molar-refractivity contribution in [2.75, 3.05) is 26.1 Å². The van der Waals surface area contributed by atoms with Gasteiger partial charge < -0.3 is 20.1 Å². The van der Waals surface area contributed by atoms with Gasteiger partial charge in [-0.25, -0.2) is 4.79 Å². The molecule has 1 fully saturated rings. The van der Waals surface area contributed by atoms with E-state index in [1.807, 2.05) is 42.5 Å². The van der Waals surface area contributed by atoms with Gasteiger partial charge in [0.15, 0.2) is 0 Å². The lowest BCUT2D eigenvalue weighted by Gasteiger charge is -2.22. The molecule has 0 aromatic heterocycles. The second-order valence-electron chi connectivity index (χ2n) is 7.66. The average molecular weight is 433 g/mol. The minimum absolute atomic E-state index is 0.423. The van der Waals surface area contributed by atoms with E-state index in [1.165, 1.54) is 14.2 Å². The van der Waals surface area contributed by atoms with Crippen LogP contribution in [-0.2, 0) is 15.1 Å². The summed E-state index contributed by atoms with van der Waals surface area (Å²) < 4.78 is 10.4. The van der Waals surface area contributed by atoms with E-state index in [4.69, 9.17) is 9.47 Å². The molecule has 0 aliphatic carbocycles. The van der Waals surface area contributed by atoms with Crippen LogP contribution in [0.1, 0.15) is 12.5 Å². The number of urea groups is 1. The van der Waals surface area contributed by atoms with Crippen molar-refractivity contribution < 1.29 is 23.9 Å². The minimum atomic E-state index is -1.26. The molecule has 1 unspecified atom stereocenters. The number of imide groups is 1. The van der Waals surface area contributed by atoms with Crippen molar-refractivity contribution in [1.29, 1.82) is 0 Å². The van der Waals surface area contributed by atoms with Crippen molar-refractivity contribution >= 4 is 34.3 Å². The first-order chi connectivity index (χ1) is 15.3. The van der Waals surface area contributed by atoms with Crippen LogP contribution in [0, 0.1) is 0 Å². The molecule has 1 atom stereocenters. The van der Waals surface area contributed by atoms with E-state index < -0.39 is 29.9 Å². The summed E-state index contributed by atoms with van der Waals surface area (Å²) in [5.41, 5.74) is -0.189. The van der Waals surface area contributed by atoms with Crippen LogP contribution < -0.4 is 20.1 Å². The van der Waals surface area contributed by atoms with Crippen molar-refractivity contribution in [2.24, 2.45) is 0 Å². The van der Waals surface area contributed by atoms with Crippen LogP contribution in [0.3, 0.4) is 0 Å². The summed E-state index contributed by atoms with van der Waals surface area (Å²) >= 11 is 0. The number of nitrogens with one attached hydrogen (secondary N) is 2. The Hall–Kier alpha value is -4.07. The van der Waals surface area contributed by atoms with Gasteiger partial charge in [-0.05, 0) is 29.3 Å². The highest BCUT2D eigenvalue weighted by molar-refractivity contribution is 6.10. The van der Waals surface area contributed by atoms with Crippen LogP contribution in [-0.4, -0.2) is 43.5 Å². The van der Waals surface area contributed by atoms with Gasteiger partial charge in [0.05, 0.1) is 14.2 Å². The quantitative estimate of drug-likeness (QED) is 0.582. The van der Waals surface area contributed by atoms with E-state index in [1.54, 1.807) is 25.1 Å². The highest BCUT2D eigenvalue weighted by atomic mass is 16.5. The van der Waals surface area contributed by atoms with Gasteiger partial charge in [-0.3, -0.25) is 14.5 Å². The molecule has 3 aromatic rings. The maximum atomic E-state index is 13.2. The molecule has 2 N–H and O–H groups in total. The molecule has 1 heterocycles. The maximum absolute atomic E-state index is 13.2. The van der Waals surface area contributed by atoms with Crippen LogP contribution >= 0.6 is 0 Å². The number of hydrogen-bond donors (Lipinski definition) is 2. The lowest BCUT2D eigenvalue weighted by atomic mass is 9.90. The van der Waals surface area contributed by atoms with Crippen molar-refractivity contribution in [3.63, 3.8) is 0 Å². The summed E-state index contributed by atoms with van der Waals surface area (Å²) in [5, 5.41) is 7.40. The van der Waals surface area contributed by atoms with Gasteiger partial charge in [0.1, 0.15) is 23.6 Å². The fourth-order valence-corrected chi connectivity index (χ4v) is 3.76. The van der Waals surface area contributed by atoms with Gasteiger partial charge in [0.2, 0.25) is 5.91 Å². The van der Waals surface area contributed by atoms with Crippen LogP contribution in [0.15, 0.2) is 60.7 Å². The molecule has 0 radical (unpaired) electrons. The first kappa shape index (κ1) is 21.2. The SMILES string of the molecule is COc1cc(NC(=O)CN2C(=O)NC(C)(c3ccc4ccccc4c3)C2=O)cc(OC)c1. The van der Waals surface area contributed by atoms with Crippen LogP contribution in [0.2, 0.25) is 0 Å². The standard InChI is InChI=1S/C24H23N3O5/c1-24(17-9-8-15-6-4-5-7-16(15)10-17)22(29)27(23(30)26-24)14-21(28)25-18-11-19(31-2)13-20(12-18)32-3/h4-13H,14H2,1-3H3,(H,25,28)(H,26,30). The molecule has 1 saturated heterocycles. The Bertz CT molecular complexity index is 1200. The highest BCUT2D eigenvalue weighted by Gasteiger charge is 2.49. The van der Waals surface area contributed by atoms with E-state index in [-0.39, 0.29) is 0 Å². The largest absolute Gasteiger partial charge is 0.497 e. The molecule has 0 bridgehead atoms. The van der Waals surface area contributed by atoms with Crippen LogP contribution in [0.25, 0.3) is 10.8 Å². The average Bonchev–Trinajstić information content (AvgIpc) is 3.02. The zero-order valence-electron chi connectivity index (χ0n) is 18.0. The van der Waals surface area contributed by atoms with Crippen molar-refractivity contribution in [2.45, 2.75) is 12.5 Å². The Morgan fingerprint density at radius 2 is 1.62 bits per heavy atom. The lowest BCUT2D eigenvalue weighted by molar-refractivity contribution is -0.133. The molecule has 8 nitrogen and oxygen atoms in total. The Morgan fingerprint density at radius 3 is 2.28 bits per heavy atom. The van der Waals surface area contributed by atoms with Crippen LogP contribution in [0.5, 0.6) is 11.5 Å². The molecule has 4 amide bonds. The molecule has 4 rings (SSSR count). The molecule has 164 valence electrons. The number of carbonyl (C=O) groups excluding carboxylic acids is 3. The molecular weight excluding hydrogens is 410 g/mol. The lowest BCUT2D eigenvalue weighted by Crippen LogP contribution is -2.42. The first-order valence-corrected chi connectivity index (χ1v) is 10.0. The van der Waals surface area contributed by atoms with Gasteiger partial charge in [-0.2, -0.15) is 0 Å². The summed E-state index contributed by atoms with van der Waals surface area (Å²) in [6.07, 6.45) is 0. The van der Waals surface area contributed by atoms with E-state index in [0.29, 0.717) is 22.7 Å². The fourth-order valence-electron chi connectivity index (χ4n) is 3.76. The summed E-state index contributed by atoms with van der Waals surface area (Å²) in [4.78, 5) is 39.3. The Labute approximate surface area is 185 Å². The van der Waals surface area contributed by atoms with Crippen molar-refractivity contribution in [3.05, 3.63) is 66.2 Å². The summed E-state index contributed by atoms with van der Waals surface area (Å²) in [6.45, 7) is 1.22. The third-order valence-electron chi connectivity index (χ3n) is 5.54. The van der Waals surface area contributed by atoms with Gasteiger partial charge in [-0.1, -0.05) is 36.4 Å². The number of amides is 4. The predicted octanol–water partition coefficient (Wildman–Crippen LogP) is 3.26. The van der Waals surface area contributed by atoms with Crippen LogP contribution in [0.4, 0.5) is 10.5 Å². The smallest absolute Gasteiger partial charge is 0.325 e. The van der Waals surface area contributed by atoms with Gasteiger partial charge in [0.25, 0.3) is 5.91 Å². The Balaban J connectivity index is 1.53. The number of ether oxygens (including phenoxy) is 2. The number of hydrogen-bond acceptors (Lipinski definition) is 5. The second kappa shape index (κ2) is 8.22. The molecule has 8 heteroatoms. The summed E-state index contributed by atoms with van der Waals surface area (Å²) in [7, 11) is 3.00. The third kappa shape index (κ3) is 3.82. The van der Waals surface area contributed by atoms with Gasteiger partial charge >= 0.3 is 6.03 Å². The van der Waals surface area contributed by atoms with Crippen molar-refractivity contribution in [1.82, 2.24) is 10.2 Å². The number of anilines is 1. The molecular formula is C24H23N3O5. The van der Waals surface area contributed by atoms with Crippen molar-refractivity contribution in [3.8, 4) is 11.5 Å². The van der Waals surface area contributed by atoms with E-state index in [0.717, 1.165) is 15.7 Å². The van der Waals surface area contributed by atoms with E-state index in [2.05, 4.69) is 10.6 Å². The monoisotopic (exact) mass is 433 g/mol. The summed E-state index contributed by atoms with van der Waals surface area (Å²) in [6, 6.07) is 17.6. The number of nitrogens with zero attached hydrogens (tertiary/aromatic N) is 1. The number of benzene rings is 3. The predicted molar refractivity (Wildman–Crippen MR) is 120 cm³/mol. The molecule has 32 heavy (non-hydrogen) atoms. The topological polar surface area (TPSA) is 97.0 Å². The number of methoxy groups -OCH3 is 2. The molecule has 0 spiro atoms. The Morgan fingerprint density at radius 1 is 0.969 bits per heavy atom. The van der Waals surface area contributed by atoms with Gasteiger partial charge in [-0.15, -0.1) is 0 Å². The normalized spacial score (nSPS) is 17.9. The van der Waals surface area contributed by atoms with E-state index in [9.17, 15) is 14.4 Å². The zero-order chi connectivity index (χ0) is 22.9. The molecule has 1 aliphatic rings. The maximum Gasteiger partial charge on any atom is 0.325 e. The number of rotatable bonds is 6. The zero-order valence-corrected chi connectivity index (χ0v) is 18.0. The highest BCUT2D eigenvalue weighted by Crippen LogP contribution is 2.31. The fraction of sp³-hybridized carbons (Fsp3) is 0.208. The first-order valence-electron chi connectivity index (χ1n) is 10.0. The second-order valence-corrected chi connectivity index (χ2v) is 7.66. The molecule has 1 aliphatic heterocycles. The molecule has 3 aromatic carbocycles. The molecule has 0 saturated carbocycles. The third-order valence-corrected chi connectivity index (χ3v) is 5.54. The number of carbonyl (C=O) groups is 3. The minimum Gasteiger partial charge on any atom is -0.497 e. The number of fused-ring (bicyclic) bond motifs is 1. The Kier molecular flexibility index (Phi) is 5.44. The van der Waals surface area contributed by atoms with Gasteiger partial charge in [0, 0.05) is 23.9 Å². The summed E-state index contributed by atoms with van der Waals surface area (Å²) in [5.74, 6) is -0.0141.